The molecule has 2 aromatic carbocycles. The van der Waals surface area contributed by atoms with Gasteiger partial charge in [0.1, 0.15) is 0 Å². The van der Waals surface area contributed by atoms with Gasteiger partial charge in [0.25, 0.3) is 0 Å². The van der Waals surface area contributed by atoms with E-state index in [9.17, 15) is 4.79 Å². The monoisotopic (exact) mass is 334 g/mol. The quantitative estimate of drug-likeness (QED) is 0.607. The fourth-order valence-electron chi connectivity index (χ4n) is 4.10. The molecule has 0 saturated carbocycles. The van der Waals surface area contributed by atoms with E-state index in [1.54, 1.807) is 0 Å². The van der Waals surface area contributed by atoms with Crippen molar-refractivity contribution in [2.24, 2.45) is 0 Å². The summed E-state index contributed by atoms with van der Waals surface area (Å²) in [6.45, 7) is 3.61. The van der Waals surface area contributed by atoms with E-state index in [-0.39, 0.29) is 5.91 Å². The highest BCUT2D eigenvalue weighted by Crippen LogP contribution is 2.29. The molecule has 0 atom stereocenters. The van der Waals surface area contributed by atoms with Gasteiger partial charge in [-0.1, -0.05) is 42.8 Å². The Morgan fingerprint density at radius 2 is 1.40 bits per heavy atom. The van der Waals surface area contributed by atoms with Crippen LogP contribution in [-0.4, -0.2) is 35.0 Å². The zero-order valence-electron chi connectivity index (χ0n) is 14.8. The number of para-hydroxylation sites is 2. The molecule has 25 heavy (non-hydrogen) atoms. The second-order valence-electron chi connectivity index (χ2n) is 7.12. The average Bonchev–Trinajstić information content (AvgIpc) is 3.01. The third kappa shape index (κ3) is 3.34. The summed E-state index contributed by atoms with van der Waals surface area (Å²) < 4.78 is 1.92. The minimum atomic E-state index is 0.219. The Bertz CT molecular complexity index is 821. The number of carbonyl (C=O) groups is 1. The van der Waals surface area contributed by atoms with E-state index in [0.717, 1.165) is 30.4 Å². The van der Waals surface area contributed by atoms with Crippen LogP contribution >= 0.6 is 0 Å². The molecule has 3 nitrogen and oxygen atoms in total. The van der Waals surface area contributed by atoms with E-state index in [4.69, 9.17) is 0 Å². The average molecular weight is 334 g/mol. The molecular formula is C22H26N2O. The Morgan fingerprint density at radius 3 is 2.04 bits per heavy atom. The first-order valence-corrected chi connectivity index (χ1v) is 9.58. The van der Waals surface area contributed by atoms with Crippen LogP contribution in [0.5, 0.6) is 0 Å². The highest BCUT2D eigenvalue weighted by atomic mass is 16.2. The molecule has 130 valence electrons. The number of hydrogen-bond donors (Lipinski definition) is 0. The SMILES string of the molecule is O=C(CCCCN1CCCCC1)n1c2ccccc2c2ccccc21. The topological polar surface area (TPSA) is 25.2 Å². The van der Waals surface area contributed by atoms with Crippen LogP contribution in [0.2, 0.25) is 0 Å². The van der Waals surface area contributed by atoms with Crippen molar-refractivity contribution in [1.82, 2.24) is 9.47 Å². The summed E-state index contributed by atoms with van der Waals surface area (Å²) in [5.74, 6) is 0.219. The summed E-state index contributed by atoms with van der Waals surface area (Å²) in [7, 11) is 0. The number of unbranched alkanes of at least 4 members (excludes halogenated alkanes) is 1. The number of benzene rings is 2. The maximum Gasteiger partial charge on any atom is 0.231 e. The molecule has 4 rings (SSSR count). The van der Waals surface area contributed by atoms with Gasteiger partial charge < -0.3 is 4.90 Å². The van der Waals surface area contributed by atoms with Gasteiger partial charge in [-0.25, -0.2) is 0 Å². The molecule has 0 unspecified atom stereocenters. The molecule has 2 heterocycles. The van der Waals surface area contributed by atoms with Gasteiger partial charge >= 0.3 is 0 Å². The Kier molecular flexibility index (Phi) is 4.84. The zero-order chi connectivity index (χ0) is 17.1. The van der Waals surface area contributed by atoms with E-state index < -0.39 is 0 Å². The third-order valence-corrected chi connectivity index (χ3v) is 5.39. The number of carbonyl (C=O) groups excluding carboxylic acids is 1. The van der Waals surface area contributed by atoms with Crippen LogP contribution in [0.15, 0.2) is 48.5 Å². The molecule has 1 aromatic heterocycles. The van der Waals surface area contributed by atoms with E-state index in [0.29, 0.717) is 6.42 Å². The third-order valence-electron chi connectivity index (χ3n) is 5.39. The molecule has 3 aromatic rings. The highest BCUT2D eigenvalue weighted by Gasteiger charge is 2.15. The van der Waals surface area contributed by atoms with Crippen LogP contribution in [0.3, 0.4) is 0 Å². The van der Waals surface area contributed by atoms with Crippen molar-refractivity contribution in [2.45, 2.75) is 38.5 Å². The largest absolute Gasteiger partial charge is 0.303 e. The molecule has 0 radical (unpaired) electrons. The van der Waals surface area contributed by atoms with Crippen LogP contribution in [-0.2, 0) is 0 Å². The Hall–Kier alpha value is -2.13. The first-order valence-electron chi connectivity index (χ1n) is 9.58. The molecule has 1 saturated heterocycles. The maximum absolute atomic E-state index is 12.9. The number of rotatable bonds is 5. The van der Waals surface area contributed by atoms with Gasteiger partial charge in [0.15, 0.2) is 0 Å². The van der Waals surface area contributed by atoms with Gasteiger partial charge in [0.2, 0.25) is 5.91 Å². The molecular weight excluding hydrogens is 308 g/mol. The summed E-state index contributed by atoms with van der Waals surface area (Å²) in [5, 5.41) is 2.33. The lowest BCUT2D eigenvalue weighted by atomic mass is 10.1. The second kappa shape index (κ2) is 7.40. The first kappa shape index (κ1) is 16.3. The lowest BCUT2D eigenvalue weighted by Crippen LogP contribution is -2.30. The minimum absolute atomic E-state index is 0.219. The summed E-state index contributed by atoms with van der Waals surface area (Å²) in [6.07, 6.45) is 6.75. The van der Waals surface area contributed by atoms with Gasteiger partial charge in [-0.15, -0.1) is 0 Å². The van der Waals surface area contributed by atoms with E-state index in [2.05, 4.69) is 29.2 Å². The molecule has 0 amide bonds. The number of piperidine rings is 1. The van der Waals surface area contributed by atoms with Crippen LogP contribution < -0.4 is 0 Å². The lowest BCUT2D eigenvalue weighted by molar-refractivity contribution is 0.0907. The van der Waals surface area contributed by atoms with E-state index in [1.165, 1.54) is 43.1 Å². The van der Waals surface area contributed by atoms with Crippen LogP contribution in [0.25, 0.3) is 21.8 Å². The normalized spacial score (nSPS) is 15.8. The van der Waals surface area contributed by atoms with Gasteiger partial charge in [0.05, 0.1) is 11.0 Å². The lowest BCUT2D eigenvalue weighted by Gasteiger charge is -2.26. The highest BCUT2D eigenvalue weighted by molar-refractivity contribution is 6.13. The number of hydrogen-bond acceptors (Lipinski definition) is 2. The summed E-state index contributed by atoms with van der Waals surface area (Å²) in [6, 6.07) is 16.4. The Labute approximate surface area is 149 Å². The first-order chi connectivity index (χ1) is 12.3. The Balaban J connectivity index is 1.47. The van der Waals surface area contributed by atoms with Crippen molar-refractivity contribution in [3.05, 3.63) is 48.5 Å². The molecule has 0 N–H and O–H groups in total. The van der Waals surface area contributed by atoms with Crippen molar-refractivity contribution >= 4 is 27.7 Å². The number of aromatic nitrogens is 1. The fraction of sp³-hybridized carbons (Fsp3) is 0.409. The van der Waals surface area contributed by atoms with Crippen LogP contribution in [0.1, 0.15) is 43.3 Å². The van der Waals surface area contributed by atoms with Gasteiger partial charge in [-0.3, -0.25) is 9.36 Å². The van der Waals surface area contributed by atoms with Gasteiger partial charge in [0, 0.05) is 17.2 Å². The van der Waals surface area contributed by atoms with Crippen molar-refractivity contribution < 1.29 is 4.79 Å². The van der Waals surface area contributed by atoms with Crippen molar-refractivity contribution in [3.63, 3.8) is 0 Å². The molecule has 0 bridgehead atoms. The van der Waals surface area contributed by atoms with Gasteiger partial charge in [-0.05, 0) is 57.5 Å². The van der Waals surface area contributed by atoms with Crippen LogP contribution in [0, 0.1) is 0 Å². The molecule has 1 aliphatic rings. The van der Waals surface area contributed by atoms with Crippen LogP contribution in [0.4, 0.5) is 0 Å². The molecule has 3 heteroatoms. The predicted molar refractivity (Wildman–Crippen MR) is 104 cm³/mol. The van der Waals surface area contributed by atoms with Crippen molar-refractivity contribution in [2.75, 3.05) is 19.6 Å². The summed E-state index contributed by atoms with van der Waals surface area (Å²) in [4.78, 5) is 15.5. The predicted octanol–water partition coefficient (Wildman–Crippen LogP) is 5.09. The Morgan fingerprint density at radius 1 is 0.800 bits per heavy atom. The van der Waals surface area contributed by atoms with E-state index in [1.807, 2.05) is 28.8 Å². The molecule has 0 aliphatic carbocycles. The van der Waals surface area contributed by atoms with Gasteiger partial charge in [-0.2, -0.15) is 0 Å². The smallest absolute Gasteiger partial charge is 0.231 e. The second-order valence-corrected chi connectivity index (χ2v) is 7.12. The maximum atomic E-state index is 12.9. The number of fused-ring (bicyclic) bond motifs is 3. The summed E-state index contributed by atoms with van der Waals surface area (Å²) >= 11 is 0. The van der Waals surface area contributed by atoms with Crippen molar-refractivity contribution in [1.29, 1.82) is 0 Å². The molecule has 1 aliphatic heterocycles. The summed E-state index contributed by atoms with van der Waals surface area (Å²) in [5.41, 5.74) is 2.06. The zero-order valence-corrected chi connectivity index (χ0v) is 14.8. The number of likely N-dealkylation sites (tertiary alicyclic amines) is 1. The molecule has 0 spiro atoms. The fourth-order valence-corrected chi connectivity index (χ4v) is 4.10. The van der Waals surface area contributed by atoms with Crippen molar-refractivity contribution in [3.8, 4) is 0 Å². The molecule has 1 fully saturated rings. The standard InChI is InChI=1S/C22H26N2O/c25-22(14-6-9-17-23-15-7-1-8-16-23)24-20-12-4-2-10-18(20)19-11-3-5-13-21(19)24/h2-5,10-13H,1,6-9,14-17H2. The minimum Gasteiger partial charge on any atom is -0.303 e. The number of nitrogens with zero attached hydrogens (tertiary/aromatic N) is 2. The van der Waals surface area contributed by atoms with E-state index >= 15 is 0 Å².